The van der Waals surface area contributed by atoms with Crippen LogP contribution in [-0.4, -0.2) is 11.8 Å². The first-order chi connectivity index (χ1) is 24.5. The van der Waals surface area contributed by atoms with Gasteiger partial charge in [-0.25, -0.2) is 4.90 Å². The van der Waals surface area contributed by atoms with Crippen molar-refractivity contribution in [3.05, 3.63) is 197 Å². The summed E-state index contributed by atoms with van der Waals surface area (Å²) in [4.78, 5) is 30.4. The number of carbonyl (C=O) groups excluding carboxylic acids is 2. The zero-order valence-electron chi connectivity index (χ0n) is 27.9. The summed E-state index contributed by atoms with van der Waals surface area (Å²) in [6.45, 7) is 4.23. The minimum atomic E-state index is -0.297. The van der Waals surface area contributed by atoms with Crippen LogP contribution >= 0.6 is 0 Å². The normalized spacial score (nSPS) is 13.4. The van der Waals surface area contributed by atoms with Gasteiger partial charge in [-0.1, -0.05) is 151 Å². The van der Waals surface area contributed by atoms with Crippen molar-refractivity contribution >= 4 is 17.5 Å². The van der Waals surface area contributed by atoms with Crippen molar-refractivity contribution in [3.8, 4) is 44.5 Å². The molecule has 9 rings (SSSR count). The number of fused-ring (bicyclic) bond motifs is 4. The lowest BCUT2D eigenvalue weighted by Crippen LogP contribution is -2.29. The molecule has 238 valence electrons. The minimum absolute atomic E-state index is 0.282. The van der Waals surface area contributed by atoms with E-state index in [1.165, 1.54) is 16.0 Å². The van der Waals surface area contributed by atoms with Gasteiger partial charge in [0.25, 0.3) is 11.8 Å². The Morgan fingerprint density at radius 3 is 1.54 bits per heavy atom. The fraction of sp³-hybridized carbons (Fsp3) is 0.0638. The van der Waals surface area contributed by atoms with Gasteiger partial charge >= 0.3 is 0 Å². The van der Waals surface area contributed by atoms with Gasteiger partial charge in [0.05, 0.1) is 16.8 Å². The van der Waals surface area contributed by atoms with E-state index < -0.39 is 0 Å². The highest BCUT2D eigenvalue weighted by Crippen LogP contribution is 2.55. The summed E-state index contributed by atoms with van der Waals surface area (Å²) in [7, 11) is 0. The first-order valence-electron chi connectivity index (χ1n) is 17.1. The Balaban J connectivity index is 1.27. The second-order valence-electron chi connectivity index (χ2n) is 13.3. The van der Waals surface area contributed by atoms with Gasteiger partial charge in [-0.05, 0) is 93.2 Å². The van der Waals surface area contributed by atoms with E-state index >= 15 is 0 Å². The molecule has 7 aromatic rings. The van der Waals surface area contributed by atoms with Crippen molar-refractivity contribution in [1.82, 2.24) is 0 Å². The summed E-state index contributed by atoms with van der Waals surface area (Å²) in [6.07, 6.45) is 0. The molecule has 0 unspecified atom stereocenters. The number of benzene rings is 7. The summed E-state index contributed by atoms with van der Waals surface area (Å²) in [5.74, 6) is -0.868. The van der Waals surface area contributed by atoms with Crippen LogP contribution in [0, 0.1) is 13.8 Å². The topological polar surface area (TPSA) is 37.4 Å². The van der Waals surface area contributed by atoms with Crippen molar-refractivity contribution in [2.75, 3.05) is 4.90 Å². The largest absolute Gasteiger partial charge is 0.268 e. The monoisotopic (exact) mass is 643 g/mol. The van der Waals surface area contributed by atoms with Gasteiger partial charge in [0.1, 0.15) is 0 Å². The van der Waals surface area contributed by atoms with Crippen LogP contribution in [0.5, 0.6) is 0 Å². The number of carbonyl (C=O) groups is 2. The summed E-state index contributed by atoms with van der Waals surface area (Å²) in [6, 6.07) is 53.8. The molecule has 0 bridgehead atoms. The Labute approximate surface area is 292 Å². The predicted molar refractivity (Wildman–Crippen MR) is 203 cm³/mol. The SMILES string of the molecule is Cc1cccc(-c2cccc3c2C(c2cccc4c2C(=O)N(c2cccc(-c5ccccc5)c2)C4=O)c2c(-c4cccc(C)c4)cccc2-3)c1. The quantitative estimate of drug-likeness (QED) is 0.175. The minimum Gasteiger partial charge on any atom is -0.268 e. The van der Waals surface area contributed by atoms with Gasteiger partial charge in [-0.15, -0.1) is 0 Å². The van der Waals surface area contributed by atoms with Crippen molar-refractivity contribution in [1.29, 1.82) is 0 Å². The molecular formula is C47H33NO2. The smallest absolute Gasteiger partial charge is 0.266 e. The Kier molecular flexibility index (Phi) is 6.96. The Bertz CT molecular complexity index is 2420. The number of anilines is 1. The molecule has 0 atom stereocenters. The number of amides is 2. The number of rotatable bonds is 5. The molecule has 0 saturated heterocycles. The van der Waals surface area contributed by atoms with Gasteiger partial charge in [0.15, 0.2) is 0 Å². The molecule has 0 saturated carbocycles. The molecule has 2 amide bonds. The molecular weight excluding hydrogens is 611 g/mol. The molecule has 0 fully saturated rings. The summed E-state index contributed by atoms with van der Waals surface area (Å²) >= 11 is 0. The van der Waals surface area contributed by atoms with E-state index in [0.29, 0.717) is 16.8 Å². The molecule has 3 heteroatoms. The Hall–Kier alpha value is -6.32. The van der Waals surface area contributed by atoms with E-state index in [1.807, 2.05) is 60.7 Å². The molecule has 0 aromatic heterocycles. The van der Waals surface area contributed by atoms with Crippen LogP contribution < -0.4 is 4.90 Å². The fourth-order valence-corrected chi connectivity index (χ4v) is 8.05. The molecule has 3 nitrogen and oxygen atoms in total. The molecule has 0 radical (unpaired) electrons. The second kappa shape index (κ2) is 11.7. The van der Waals surface area contributed by atoms with Crippen molar-refractivity contribution in [2.24, 2.45) is 0 Å². The third-order valence-electron chi connectivity index (χ3n) is 10.2. The van der Waals surface area contributed by atoms with E-state index in [4.69, 9.17) is 0 Å². The number of nitrogens with zero attached hydrogens (tertiary/aromatic N) is 1. The molecule has 7 aromatic carbocycles. The maximum atomic E-state index is 14.8. The molecule has 0 N–H and O–H groups in total. The van der Waals surface area contributed by atoms with E-state index in [2.05, 4.69) is 105 Å². The molecule has 0 spiro atoms. The molecule has 1 aliphatic carbocycles. The van der Waals surface area contributed by atoms with Gasteiger partial charge in [-0.2, -0.15) is 0 Å². The highest BCUT2D eigenvalue weighted by molar-refractivity contribution is 6.35. The van der Waals surface area contributed by atoms with Crippen molar-refractivity contribution in [2.45, 2.75) is 19.8 Å². The van der Waals surface area contributed by atoms with Crippen LogP contribution in [0.2, 0.25) is 0 Å². The molecule has 1 aliphatic heterocycles. The summed E-state index contributed by atoms with van der Waals surface area (Å²) < 4.78 is 0. The van der Waals surface area contributed by atoms with Crippen LogP contribution in [0.4, 0.5) is 5.69 Å². The lowest BCUT2D eigenvalue weighted by atomic mass is 9.80. The third kappa shape index (κ3) is 4.66. The highest BCUT2D eigenvalue weighted by atomic mass is 16.2. The van der Waals surface area contributed by atoms with Gasteiger partial charge in [0, 0.05) is 5.92 Å². The standard InChI is InChI=1S/C47H33NO2/c1-29-12-6-17-33(26-29)36-20-9-22-38-39-23-10-21-37(34-18-7-13-30(2)27-34)43(39)45(42(36)38)40-24-11-25-41-44(40)47(50)48(46(41)49)35-19-8-16-32(28-35)31-14-4-3-5-15-31/h3-28,45H,1-2H3. The predicted octanol–water partition coefficient (Wildman–Crippen LogP) is 11.3. The van der Waals surface area contributed by atoms with E-state index in [-0.39, 0.29) is 17.7 Å². The van der Waals surface area contributed by atoms with Crippen LogP contribution in [0.3, 0.4) is 0 Å². The van der Waals surface area contributed by atoms with Crippen LogP contribution in [-0.2, 0) is 0 Å². The van der Waals surface area contributed by atoms with Crippen molar-refractivity contribution < 1.29 is 9.59 Å². The van der Waals surface area contributed by atoms with Gasteiger partial charge < -0.3 is 0 Å². The maximum Gasteiger partial charge on any atom is 0.266 e. The highest BCUT2D eigenvalue weighted by Gasteiger charge is 2.43. The number of hydrogen-bond acceptors (Lipinski definition) is 2. The Morgan fingerprint density at radius 2 is 0.920 bits per heavy atom. The first kappa shape index (κ1) is 29.8. The van der Waals surface area contributed by atoms with Gasteiger partial charge in [-0.3, -0.25) is 9.59 Å². The fourth-order valence-electron chi connectivity index (χ4n) is 8.05. The third-order valence-corrected chi connectivity index (χ3v) is 10.2. The van der Waals surface area contributed by atoms with E-state index in [9.17, 15) is 9.59 Å². The maximum absolute atomic E-state index is 14.8. The van der Waals surface area contributed by atoms with Crippen LogP contribution in [0.15, 0.2) is 158 Å². The number of aryl methyl sites for hydroxylation is 2. The van der Waals surface area contributed by atoms with E-state index in [1.54, 1.807) is 6.07 Å². The summed E-state index contributed by atoms with van der Waals surface area (Å²) in [5, 5.41) is 0. The average molecular weight is 644 g/mol. The molecule has 50 heavy (non-hydrogen) atoms. The van der Waals surface area contributed by atoms with Crippen LogP contribution in [0.1, 0.15) is 54.5 Å². The lowest BCUT2D eigenvalue weighted by Gasteiger charge is -2.22. The van der Waals surface area contributed by atoms with E-state index in [0.717, 1.165) is 61.2 Å². The second-order valence-corrected chi connectivity index (χ2v) is 13.3. The zero-order valence-corrected chi connectivity index (χ0v) is 27.9. The first-order valence-corrected chi connectivity index (χ1v) is 17.1. The van der Waals surface area contributed by atoms with Crippen LogP contribution in [0.25, 0.3) is 44.5 Å². The van der Waals surface area contributed by atoms with Crippen molar-refractivity contribution in [3.63, 3.8) is 0 Å². The Morgan fingerprint density at radius 1 is 0.420 bits per heavy atom. The zero-order chi connectivity index (χ0) is 33.9. The number of hydrogen-bond donors (Lipinski definition) is 0. The lowest BCUT2D eigenvalue weighted by molar-refractivity contribution is 0.0926. The average Bonchev–Trinajstić information content (AvgIpc) is 3.63. The number of imide groups is 1. The summed E-state index contributed by atoms with van der Waals surface area (Å²) in [5.41, 5.74) is 15.8. The van der Waals surface area contributed by atoms with Gasteiger partial charge in [0.2, 0.25) is 0 Å². The molecule has 1 heterocycles. The molecule has 2 aliphatic rings.